The number of rotatable bonds is 3. The molecule has 7 aromatic rings. The van der Waals surface area contributed by atoms with Crippen molar-refractivity contribution in [3.63, 3.8) is 0 Å². The quantitative estimate of drug-likeness (QED) is 0.207. The van der Waals surface area contributed by atoms with Gasteiger partial charge in [0.25, 0.3) is 0 Å². The molecule has 0 heterocycles. The molecule has 0 aromatic heterocycles. The van der Waals surface area contributed by atoms with E-state index >= 15 is 0 Å². The third-order valence-corrected chi connectivity index (χ3v) is 8.21. The Morgan fingerprint density at radius 1 is 0.350 bits per heavy atom. The van der Waals surface area contributed by atoms with Crippen molar-refractivity contribution in [3.05, 3.63) is 145 Å². The summed E-state index contributed by atoms with van der Waals surface area (Å²) in [5.74, 6) is 0. The van der Waals surface area contributed by atoms with Gasteiger partial charge in [0.1, 0.15) is 0 Å². The Hall–Kier alpha value is -4.68. The molecule has 0 heteroatoms. The summed E-state index contributed by atoms with van der Waals surface area (Å²) in [7, 11) is 0. The maximum atomic E-state index is 2.44. The van der Waals surface area contributed by atoms with E-state index in [1.807, 2.05) is 0 Å². The second-order valence-electron chi connectivity index (χ2n) is 11.8. The lowest BCUT2D eigenvalue weighted by atomic mass is 9.81. The van der Waals surface area contributed by atoms with E-state index in [9.17, 15) is 0 Å². The molecule has 0 amide bonds. The van der Waals surface area contributed by atoms with Crippen LogP contribution in [0.4, 0.5) is 0 Å². The SMILES string of the molecule is CC(C)(C)c1ccc2c(-c3ccc4ccccc4c3)c3ccccc3c(-c3ccc(-c4ccccc4)cc3)c2c1. The second kappa shape index (κ2) is 9.50. The number of hydrogen-bond acceptors (Lipinski definition) is 0. The molecule has 0 N–H and O–H groups in total. The van der Waals surface area contributed by atoms with E-state index < -0.39 is 0 Å². The highest BCUT2D eigenvalue weighted by Crippen LogP contribution is 2.45. The van der Waals surface area contributed by atoms with Crippen molar-refractivity contribution in [1.82, 2.24) is 0 Å². The van der Waals surface area contributed by atoms with Gasteiger partial charge in [-0.05, 0) is 88.8 Å². The van der Waals surface area contributed by atoms with Crippen LogP contribution in [0.25, 0.3) is 65.7 Å². The van der Waals surface area contributed by atoms with Gasteiger partial charge in [-0.1, -0.05) is 148 Å². The first-order valence-corrected chi connectivity index (χ1v) is 14.1. The predicted molar refractivity (Wildman–Crippen MR) is 174 cm³/mol. The molecule has 40 heavy (non-hydrogen) atoms. The lowest BCUT2D eigenvalue weighted by Gasteiger charge is -2.23. The van der Waals surface area contributed by atoms with E-state index in [0.717, 1.165) is 0 Å². The van der Waals surface area contributed by atoms with Crippen molar-refractivity contribution in [1.29, 1.82) is 0 Å². The molecule has 7 aromatic carbocycles. The largest absolute Gasteiger partial charge is 0.0622 e. The Bertz CT molecular complexity index is 2000. The van der Waals surface area contributed by atoms with Gasteiger partial charge in [-0.3, -0.25) is 0 Å². The summed E-state index contributed by atoms with van der Waals surface area (Å²) < 4.78 is 0. The molecule has 0 saturated carbocycles. The highest BCUT2D eigenvalue weighted by molar-refractivity contribution is 6.21. The highest BCUT2D eigenvalue weighted by Gasteiger charge is 2.20. The average molecular weight is 513 g/mol. The molecule has 0 unspecified atom stereocenters. The summed E-state index contributed by atoms with van der Waals surface area (Å²) in [5, 5.41) is 7.72. The van der Waals surface area contributed by atoms with Crippen LogP contribution in [-0.4, -0.2) is 0 Å². The van der Waals surface area contributed by atoms with Gasteiger partial charge in [0.2, 0.25) is 0 Å². The Kier molecular flexibility index (Phi) is 5.79. The molecular weight excluding hydrogens is 480 g/mol. The van der Waals surface area contributed by atoms with Gasteiger partial charge < -0.3 is 0 Å². The van der Waals surface area contributed by atoms with E-state index in [1.165, 1.54) is 71.3 Å². The average Bonchev–Trinajstić information content (AvgIpc) is 2.99. The van der Waals surface area contributed by atoms with Crippen LogP contribution < -0.4 is 0 Å². The van der Waals surface area contributed by atoms with Crippen LogP contribution in [0.15, 0.2) is 140 Å². The molecule has 0 saturated heterocycles. The monoisotopic (exact) mass is 512 g/mol. The van der Waals surface area contributed by atoms with Gasteiger partial charge >= 0.3 is 0 Å². The molecule has 7 rings (SSSR count). The minimum atomic E-state index is 0.0530. The summed E-state index contributed by atoms with van der Waals surface area (Å²) in [4.78, 5) is 0. The van der Waals surface area contributed by atoms with Crippen LogP contribution >= 0.6 is 0 Å². The van der Waals surface area contributed by atoms with Crippen molar-refractivity contribution < 1.29 is 0 Å². The summed E-state index contributed by atoms with van der Waals surface area (Å²) in [6.07, 6.45) is 0. The fourth-order valence-corrected chi connectivity index (χ4v) is 6.07. The van der Waals surface area contributed by atoms with Crippen molar-refractivity contribution in [3.8, 4) is 33.4 Å². The molecule has 0 radical (unpaired) electrons. The molecular formula is C40H32. The van der Waals surface area contributed by atoms with Gasteiger partial charge in [0, 0.05) is 0 Å². The zero-order valence-corrected chi connectivity index (χ0v) is 23.3. The van der Waals surface area contributed by atoms with Crippen molar-refractivity contribution in [2.75, 3.05) is 0 Å². The van der Waals surface area contributed by atoms with Crippen molar-refractivity contribution in [2.45, 2.75) is 26.2 Å². The van der Waals surface area contributed by atoms with Crippen LogP contribution in [0, 0.1) is 0 Å². The summed E-state index contributed by atoms with van der Waals surface area (Å²) >= 11 is 0. The van der Waals surface area contributed by atoms with Gasteiger partial charge in [0.15, 0.2) is 0 Å². The van der Waals surface area contributed by atoms with Gasteiger partial charge in [0.05, 0.1) is 0 Å². The second-order valence-corrected chi connectivity index (χ2v) is 11.8. The molecule has 0 fully saturated rings. The molecule has 0 aliphatic carbocycles. The molecule has 0 aliphatic heterocycles. The Morgan fingerprint density at radius 3 is 1.57 bits per heavy atom. The maximum Gasteiger partial charge on any atom is -0.00261 e. The number of hydrogen-bond donors (Lipinski definition) is 0. The zero-order chi connectivity index (χ0) is 27.3. The molecule has 192 valence electrons. The maximum absolute atomic E-state index is 2.44. The predicted octanol–water partition coefficient (Wildman–Crippen LogP) is 11.4. The van der Waals surface area contributed by atoms with E-state index in [4.69, 9.17) is 0 Å². The Morgan fingerprint density at radius 2 is 0.875 bits per heavy atom. The summed E-state index contributed by atoms with van der Waals surface area (Å²) in [5.41, 5.74) is 9.00. The van der Waals surface area contributed by atoms with Crippen molar-refractivity contribution >= 4 is 32.3 Å². The highest BCUT2D eigenvalue weighted by atomic mass is 14.2. The standard InChI is InChI=1S/C40H32/c1-40(2,3)33-23-24-36-37(26-33)38(30-20-17-29(18-21-30)27-11-5-4-6-12-27)34-15-9-10-16-35(34)39(36)32-22-19-28-13-7-8-14-31(28)25-32/h4-26H,1-3H3. The first kappa shape index (κ1) is 24.4. The molecule has 0 nitrogen and oxygen atoms in total. The molecule has 0 aliphatic rings. The Labute approximate surface area is 236 Å². The summed E-state index contributed by atoms with van der Waals surface area (Å²) in [6.45, 7) is 6.90. The van der Waals surface area contributed by atoms with Crippen LogP contribution in [-0.2, 0) is 5.41 Å². The minimum Gasteiger partial charge on any atom is -0.0622 e. The lowest BCUT2D eigenvalue weighted by molar-refractivity contribution is 0.591. The Balaban J connectivity index is 1.55. The molecule has 0 spiro atoms. The van der Waals surface area contributed by atoms with E-state index in [2.05, 4.69) is 160 Å². The van der Waals surface area contributed by atoms with Gasteiger partial charge in [-0.15, -0.1) is 0 Å². The summed E-state index contributed by atoms with van der Waals surface area (Å²) in [6, 6.07) is 51.3. The smallest absolute Gasteiger partial charge is 0.00261 e. The normalized spacial score (nSPS) is 11.9. The van der Waals surface area contributed by atoms with E-state index in [-0.39, 0.29) is 5.41 Å². The topological polar surface area (TPSA) is 0 Å². The van der Waals surface area contributed by atoms with Crippen LogP contribution in [0.3, 0.4) is 0 Å². The van der Waals surface area contributed by atoms with Crippen LogP contribution in [0.5, 0.6) is 0 Å². The molecule has 0 bridgehead atoms. The van der Waals surface area contributed by atoms with Gasteiger partial charge in [-0.2, -0.15) is 0 Å². The van der Waals surface area contributed by atoms with E-state index in [1.54, 1.807) is 0 Å². The fourth-order valence-electron chi connectivity index (χ4n) is 6.07. The van der Waals surface area contributed by atoms with Crippen LogP contribution in [0.1, 0.15) is 26.3 Å². The van der Waals surface area contributed by atoms with E-state index in [0.29, 0.717) is 0 Å². The fraction of sp³-hybridized carbons (Fsp3) is 0.100. The lowest BCUT2D eigenvalue weighted by Crippen LogP contribution is -2.10. The number of benzene rings is 7. The van der Waals surface area contributed by atoms with Crippen LogP contribution in [0.2, 0.25) is 0 Å². The first-order valence-electron chi connectivity index (χ1n) is 14.1. The first-order chi connectivity index (χ1) is 19.5. The van der Waals surface area contributed by atoms with Crippen molar-refractivity contribution in [2.24, 2.45) is 0 Å². The third-order valence-electron chi connectivity index (χ3n) is 8.21. The molecule has 0 atom stereocenters. The third kappa shape index (κ3) is 4.17. The zero-order valence-electron chi connectivity index (χ0n) is 23.3. The number of fused-ring (bicyclic) bond motifs is 3. The minimum absolute atomic E-state index is 0.0530. The van der Waals surface area contributed by atoms with Gasteiger partial charge in [-0.25, -0.2) is 0 Å².